The first-order chi connectivity index (χ1) is 13.0. The Morgan fingerprint density at radius 3 is 2.70 bits per heavy atom. The molecule has 0 aromatic carbocycles. The number of aryl methyl sites for hydroxylation is 3. The van der Waals surface area contributed by atoms with Gasteiger partial charge in [-0.1, -0.05) is 0 Å². The first-order valence-corrected chi connectivity index (χ1v) is 9.98. The quantitative estimate of drug-likeness (QED) is 0.751. The van der Waals surface area contributed by atoms with Gasteiger partial charge >= 0.3 is 0 Å². The van der Waals surface area contributed by atoms with Crippen LogP contribution in [0, 0.1) is 26.7 Å². The van der Waals surface area contributed by atoms with Crippen LogP contribution in [-0.2, 0) is 6.42 Å². The average Bonchev–Trinajstić information content (AvgIpc) is 2.99. The lowest BCUT2D eigenvalue weighted by molar-refractivity contribution is 0.131. The van der Waals surface area contributed by atoms with Gasteiger partial charge in [-0.3, -0.25) is 9.88 Å². The van der Waals surface area contributed by atoms with E-state index in [1.807, 2.05) is 13.1 Å². The minimum atomic E-state index is 0.370. The molecule has 1 aliphatic heterocycles. The highest BCUT2D eigenvalue weighted by atomic mass is 15.2. The summed E-state index contributed by atoms with van der Waals surface area (Å²) in [6.07, 6.45) is 5.70. The molecule has 1 saturated heterocycles. The highest BCUT2D eigenvalue weighted by Crippen LogP contribution is 2.29. The smallest absolute Gasteiger partial charge is 0.177 e. The van der Waals surface area contributed by atoms with Gasteiger partial charge in [0.25, 0.3) is 0 Å². The number of fused-ring (bicyclic) bond motifs is 1. The summed E-state index contributed by atoms with van der Waals surface area (Å²) < 4.78 is 0. The van der Waals surface area contributed by atoms with Gasteiger partial charge in [-0.15, -0.1) is 0 Å². The Kier molecular flexibility index (Phi) is 4.96. The van der Waals surface area contributed by atoms with E-state index in [1.54, 1.807) is 0 Å². The van der Waals surface area contributed by atoms with E-state index in [4.69, 9.17) is 0 Å². The van der Waals surface area contributed by atoms with E-state index in [0.29, 0.717) is 12.0 Å². The van der Waals surface area contributed by atoms with Crippen LogP contribution in [0.25, 0.3) is 11.2 Å². The molecule has 27 heavy (non-hydrogen) atoms. The number of hydrogen-bond acceptors (Lipinski definition) is 4. The number of likely N-dealkylation sites (tertiary alicyclic amines) is 1. The number of nitrogens with zero attached hydrogens (tertiary/aromatic N) is 4. The van der Waals surface area contributed by atoms with Crippen molar-refractivity contribution in [1.82, 2.24) is 24.8 Å². The molecule has 0 bridgehead atoms. The summed E-state index contributed by atoms with van der Waals surface area (Å²) in [7, 11) is 0. The van der Waals surface area contributed by atoms with Gasteiger partial charge in [0.15, 0.2) is 5.65 Å². The third kappa shape index (κ3) is 4.03. The molecule has 4 heterocycles. The predicted molar refractivity (Wildman–Crippen MR) is 109 cm³/mol. The number of nitrogens with one attached hydrogen (secondary N) is 1. The Labute approximate surface area is 161 Å². The fourth-order valence-electron chi connectivity index (χ4n) is 4.46. The molecule has 5 heteroatoms. The second kappa shape index (κ2) is 7.39. The van der Waals surface area contributed by atoms with E-state index < -0.39 is 0 Å². The molecule has 5 nitrogen and oxygen atoms in total. The lowest BCUT2D eigenvalue weighted by Gasteiger charge is -2.37. The lowest BCUT2D eigenvalue weighted by atomic mass is 9.90. The molecular weight excluding hydrogens is 334 g/mol. The Morgan fingerprint density at radius 1 is 1.15 bits per heavy atom. The molecule has 3 aromatic heterocycles. The van der Waals surface area contributed by atoms with Gasteiger partial charge in [0.1, 0.15) is 5.82 Å². The topological polar surface area (TPSA) is 57.7 Å². The summed E-state index contributed by atoms with van der Waals surface area (Å²) >= 11 is 0. The number of pyridine rings is 2. The molecule has 2 unspecified atom stereocenters. The minimum absolute atomic E-state index is 0.370. The largest absolute Gasteiger partial charge is 0.341 e. The molecule has 0 saturated carbocycles. The van der Waals surface area contributed by atoms with Gasteiger partial charge in [0.2, 0.25) is 0 Å². The number of H-pyrrole nitrogens is 1. The number of rotatable bonds is 4. The van der Waals surface area contributed by atoms with Crippen molar-refractivity contribution in [3.8, 4) is 0 Å². The second-order valence-corrected chi connectivity index (χ2v) is 8.10. The van der Waals surface area contributed by atoms with Gasteiger partial charge in [-0.2, -0.15) is 0 Å². The molecule has 1 fully saturated rings. The maximum atomic E-state index is 4.55. The van der Waals surface area contributed by atoms with Crippen LogP contribution in [0.5, 0.6) is 0 Å². The van der Waals surface area contributed by atoms with Crippen LogP contribution < -0.4 is 0 Å². The molecule has 1 N–H and O–H groups in total. The van der Waals surface area contributed by atoms with Gasteiger partial charge in [-0.25, -0.2) is 9.97 Å². The SMILES string of the molecule is Cc1cc(CC2CCCN(C(C)c3cnc4nc(C)[nH]c4c3)C2)cc(C)n1. The van der Waals surface area contributed by atoms with Gasteiger partial charge in [-0.05, 0) is 88.7 Å². The van der Waals surface area contributed by atoms with Crippen molar-refractivity contribution < 1.29 is 0 Å². The summed E-state index contributed by atoms with van der Waals surface area (Å²) in [6, 6.07) is 7.07. The molecule has 0 spiro atoms. The fraction of sp³-hybridized carbons (Fsp3) is 0.500. The van der Waals surface area contributed by atoms with E-state index in [1.165, 1.54) is 24.0 Å². The van der Waals surface area contributed by atoms with Crippen LogP contribution in [-0.4, -0.2) is 37.9 Å². The first-order valence-electron chi connectivity index (χ1n) is 9.98. The Hall–Kier alpha value is -2.27. The fourth-order valence-corrected chi connectivity index (χ4v) is 4.46. The van der Waals surface area contributed by atoms with Crippen LogP contribution in [0.15, 0.2) is 24.4 Å². The van der Waals surface area contributed by atoms with Crippen molar-refractivity contribution in [3.05, 3.63) is 52.7 Å². The zero-order chi connectivity index (χ0) is 19.0. The Balaban J connectivity index is 1.47. The van der Waals surface area contributed by atoms with Gasteiger partial charge < -0.3 is 4.98 Å². The molecule has 4 rings (SSSR count). The monoisotopic (exact) mass is 363 g/mol. The van der Waals surface area contributed by atoms with Crippen molar-refractivity contribution in [2.45, 2.75) is 53.0 Å². The summed E-state index contributed by atoms with van der Waals surface area (Å²) in [5, 5.41) is 0. The second-order valence-electron chi connectivity index (χ2n) is 8.10. The van der Waals surface area contributed by atoms with Crippen molar-refractivity contribution >= 4 is 11.2 Å². The van der Waals surface area contributed by atoms with Crippen LogP contribution in [0.2, 0.25) is 0 Å². The van der Waals surface area contributed by atoms with E-state index >= 15 is 0 Å². The number of aromatic amines is 1. The molecule has 0 aliphatic carbocycles. The van der Waals surface area contributed by atoms with Crippen LogP contribution >= 0.6 is 0 Å². The third-order valence-corrected chi connectivity index (χ3v) is 5.72. The van der Waals surface area contributed by atoms with E-state index in [-0.39, 0.29) is 0 Å². The maximum absolute atomic E-state index is 4.55. The third-order valence-electron chi connectivity index (χ3n) is 5.72. The van der Waals surface area contributed by atoms with Crippen molar-refractivity contribution in [2.75, 3.05) is 13.1 Å². The zero-order valence-corrected chi connectivity index (χ0v) is 16.8. The van der Waals surface area contributed by atoms with E-state index in [2.05, 4.69) is 63.8 Å². The Morgan fingerprint density at radius 2 is 1.93 bits per heavy atom. The van der Waals surface area contributed by atoms with Crippen LogP contribution in [0.1, 0.15) is 54.1 Å². The minimum Gasteiger partial charge on any atom is -0.341 e. The normalized spacial score (nSPS) is 19.5. The van der Waals surface area contributed by atoms with Crippen LogP contribution in [0.4, 0.5) is 0 Å². The summed E-state index contributed by atoms with van der Waals surface area (Å²) in [5.41, 5.74) is 6.79. The predicted octanol–water partition coefficient (Wildman–Crippen LogP) is 4.29. The van der Waals surface area contributed by atoms with E-state index in [9.17, 15) is 0 Å². The molecule has 1 aliphatic rings. The molecular formula is C22H29N5. The zero-order valence-electron chi connectivity index (χ0n) is 16.8. The van der Waals surface area contributed by atoms with Crippen LogP contribution in [0.3, 0.4) is 0 Å². The lowest BCUT2D eigenvalue weighted by Crippen LogP contribution is -2.38. The summed E-state index contributed by atoms with van der Waals surface area (Å²) in [5.74, 6) is 1.62. The molecule has 2 atom stereocenters. The van der Waals surface area contributed by atoms with Gasteiger partial charge in [0.05, 0.1) is 5.52 Å². The van der Waals surface area contributed by atoms with E-state index in [0.717, 1.165) is 47.9 Å². The molecule has 3 aromatic rings. The summed E-state index contributed by atoms with van der Waals surface area (Å²) in [4.78, 5) is 19.4. The number of aromatic nitrogens is 4. The van der Waals surface area contributed by atoms with Crippen molar-refractivity contribution in [1.29, 1.82) is 0 Å². The Bertz CT molecular complexity index is 925. The number of imidazole rings is 1. The first kappa shape index (κ1) is 18.1. The van der Waals surface area contributed by atoms with Crippen molar-refractivity contribution in [2.24, 2.45) is 5.92 Å². The standard InChI is InChI=1S/C22H29N5/c1-14-8-19(9-15(2)24-14)10-18-6-5-7-27(13-18)16(3)20-11-21-22(23-12-20)26-17(4)25-21/h8-9,11-12,16,18H,5-7,10,13H2,1-4H3,(H,23,25,26). The molecule has 0 radical (unpaired) electrons. The molecule has 0 amide bonds. The number of hydrogen-bond donors (Lipinski definition) is 1. The molecule has 142 valence electrons. The highest BCUT2D eigenvalue weighted by Gasteiger charge is 2.25. The highest BCUT2D eigenvalue weighted by molar-refractivity contribution is 5.71. The summed E-state index contributed by atoms with van der Waals surface area (Å²) in [6.45, 7) is 10.8. The average molecular weight is 364 g/mol. The van der Waals surface area contributed by atoms with Gasteiger partial charge in [0, 0.05) is 30.2 Å². The number of piperidine rings is 1. The maximum Gasteiger partial charge on any atom is 0.177 e. The van der Waals surface area contributed by atoms with Crippen molar-refractivity contribution in [3.63, 3.8) is 0 Å².